The molecule has 2 amide bonds. The number of amides is 2. The first kappa shape index (κ1) is 14.8. The summed E-state index contributed by atoms with van der Waals surface area (Å²) in [6.45, 7) is 6.51. The summed E-state index contributed by atoms with van der Waals surface area (Å²) in [5.74, 6) is 0.0104. The summed E-state index contributed by atoms with van der Waals surface area (Å²) in [7, 11) is 0. The number of nitrogens with zero attached hydrogens (tertiary/aromatic N) is 1. The van der Waals surface area contributed by atoms with E-state index in [-0.39, 0.29) is 24.3 Å². The normalized spacial score (nSPS) is 22.6. The number of ether oxygens (including phenoxy) is 1. The fourth-order valence-corrected chi connectivity index (χ4v) is 2.73. The SMILES string of the molecule is CC(C)(C)OC(=O)N1CCC2(CC1)CC(=O)CNC2=O. The lowest BCUT2D eigenvalue weighted by atomic mass is 9.72. The van der Waals surface area contributed by atoms with Crippen molar-refractivity contribution < 1.29 is 19.1 Å². The van der Waals surface area contributed by atoms with E-state index < -0.39 is 11.0 Å². The van der Waals surface area contributed by atoms with E-state index in [1.165, 1.54) is 0 Å². The molecule has 1 spiro atoms. The van der Waals surface area contributed by atoms with Crippen LogP contribution in [0.5, 0.6) is 0 Å². The third kappa shape index (κ3) is 3.11. The highest BCUT2D eigenvalue weighted by molar-refractivity contribution is 5.97. The van der Waals surface area contributed by atoms with Crippen LogP contribution in [-0.2, 0) is 14.3 Å². The summed E-state index contributed by atoms with van der Waals surface area (Å²) in [5.41, 5.74) is -1.14. The minimum atomic E-state index is -0.617. The van der Waals surface area contributed by atoms with Crippen molar-refractivity contribution in [1.82, 2.24) is 10.2 Å². The Morgan fingerprint density at radius 2 is 1.85 bits per heavy atom. The molecule has 2 aliphatic rings. The quantitative estimate of drug-likeness (QED) is 0.721. The fourth-order valence-electron chi connectivity index (χ4n) is 2.73. The van der Waals surface area contributed by atoms with Crippen molar-refractivity contribution >= 4 is 17.8 Å². The molecule has 0 atom stereocenters. The van der Waals surface area contributed by atoms with E-state index in [4.69, 9.17) is 4.74 Å². The van der Waals surface area contributed by atoms with E-state index in [9.17, 15) is 14.4 Å². The Morgan fingerprint density at radius 1 is 1.25 bits per heavy atom. The van der Waals surface area contributed by atoms with E-state index in [2.05, 4.69) is 5.32 Å². The van der Waals surface area contributed by atoms with E-state index in [0.717, 1.165) is 0 Å². The van der Waals surface area contributed by atoms with Crippen LogP contribution in [0, 0.1) is 5.41 Å². The lowest BCUT2D eigenvalue weighted by Gasteiger charge is -2.42. The molecule has 2 heterocycles. The summed E-state index contributed by atoms with van der Waals surface area (Å²) >= 11 is 0. The topological polar surface area (TPSA) is 75.7 Å². The zero-order valence-corrected chi connectivity index (χ0v) is 12.3. The first-order chi connectivity index (χ1) is 9.22. The third-order valence-electron chi connectivity index (χ3n) is 3.84. The molecule has 2 rings (SSSR count). The van der Waals surface area contributed by atoms with E-state index in [1.807, 2.05) is 20.8 Å². The molecule has 2 aliphatic heterocycles. The highest BCUT2D eigenvalue weighted by Gasteiger charge is 2.46. The maximum atomic E-state index is 12.0. The van der Waals surface area contributed by atoms with Crippen LogP contribution in [0.3, 0.4) is 0 Å². The molecular formula is C14H22N2O4. The van der Waals surface area contributed by atoms with Gasteiger partial charge >= 0.3 is 6.09 Å². The third-order valence-corrected chi connectivity index (χ3v) is 3.84. The predicted molar refractivity (Wildman–Crippen MR) is 72.1 cm³/mol. The molecule has 112 valence electrons. The van der Waals surface area contributed by atoms with Gasteiger partial charge in [0.15, 0.2) is 5.78 Å². The molecule has 20 heavy (non-hydrogen) atoms. The first-order valence-electron chi connectivity index (χ1n) is 7.00. The minimum Gasteiger partial charge on any atom is -0.444 e. The number of nitrogens with one attached hydrogen (secondary N) is 1. The van der Waals surface area contributed by atoms with Gasteiger partial charge in [-0.25, -0.2) is 4.79 Å². The molecule has 0 aromatic rings. The molecule has 0 unspecified atom stereocenters. The Morgan fingerprint density at radius 3 is 2.40 bits per heavy atom. The number of hydrogen-bond donors (Lipinski definition) is 1. The Bertz CT molecular complexity index is 431. The van der Waals surface area contributed by atoms with E-state index in [1.54, 1.807) is 4.90 Å². The highest BCUT2D eigenvalue weighted by atomic mass is 16.6. The van der Waals surface area contributed by atoms with Crippen LogP contribution in [-0.4, -0.2) is 47.9 Å². The molecule has 0 radical (unpaired) electrons. The molecule has 0 saturated carbocycles. The maximum absolute atomic E-state index is 12.0. The largest absolute Gasteiger partial charge is 0.444 e. The summed E-state index contributed by atoms with van der Waals surface area (Å²) in [6, 6.07) is 0. The van der Waals surface area contributed by atoms with Gasteiger partial charge in [-0.1, -0.05) is 0 Å². The average Bonchev–Trinajstić information content (AvgIpc) is 2.33. The highest BCUT2D eigenvalue weighted by Crippen LogP contribution is 2.37. The molecule has 6 heteroatoms. The minimum absolute atomic E-state index is 0.0547. The van der Waals surface area contributed by atoms with E-state index >= 15 is 0 Å². The molecule has 0 aromatic heterocycles. The van der Waals surface area contributed by atoms with Gasteiger partial charge in [0.1, 0.15) is 5.60 Å². The molecule has 2 saturated heterocycles. The van der Waals surface area contributed by atoms with Gasteiger partial charge in [-0.05, 0) is 33.6 Å². The van der Waals surface area contributed by atoms with Gasteiger partial charge in [-0.3, -0.25) is 9.59 Å². The molecule has 1 N–H and O–H groups in total. The number of carbonyl (C=O) groups is 3. The number of Topliss-reactive ketones (excluding diaryl/α,β-unsaturated/α-hetero) is 1. The maximum Gasteiger partial charge on any atom is 0.410 e. The lowest BCUT2D eigenvalue weighted by molar-refractivity contribution is -0.143. The van der Waals surface area contributed by atoms with Crippen LogP contribution in [0.2, 0.25) is 0 Å². The lowest BCUT2D eigenvalue weighted by Crippen LogP contribution is -2.55. The van der Waals surface area contributed by atoms with Crippen LogP contribution in [0.4, 0.5) is 4.79 Å². The molecule has 0 aliphatic carbocycles. The number of rotatable bonds is 0. The second-order valence-electron chi connectivity index (χ2n) is 6.65. The van der Waals surface area contributed by atoms with Gasteiger partial charge in [-0.2, -0.15) is 0 Å². The van der Waals surface area contributed by atoms with Gasteiger partial charge < -0.3 is 15.0 Å². The van der Waals surface area contributed by atoms with Crippen LogP contribution < -0.4 is 5.32 Å². The van der Waals surface area contributed by atoms with Crippen molar-refractivity contribution in [3.63, 3.8) is 0 Å². The van der Waals surface area contributed by atoms with Crippen molar-refractivity contribution in [3.8, 4) is 0 Å². The van der Waals surface area contributed by atoms with Crippen molar-refractivity contribution in [2.75, 3.05) is 19.6 Å². The van der Waals surface area contributed by atoms with Gasteiger partial charge in [0.05, 0.1) is 12.0 Å². The van der Waals surface area contributed by atoms with Crippen LogP contribution >= 0.6 is 0 Å². The summed E-state index contributed by atoms with van der Waals surface area (Å²) in [5, 5.41) is 2.65. The van der Waals surface area contributed by atoms with Crippen molar-refractivity contribution in [2.45, 2.75) is 45.6 Å². The van der Waals surface area contributed by atoms with Gasteiger partial charge in [-0.15, -0.1) is 0 Å². The van der Waals surface area contributed by atoms with Gasteiger partial charge in [0, 0.05) is 19.5 Å². The number of piperidine rings is 2. The Hall–Kier alpha value is -1.59. The van der Waals surface area contributed by atoms with Crippen LogP contribution in [0.1, 0.15) is 40.0 Å². The number of likely N-dealkylation sites (tertiary alicyclic amines) is 1. The zero-order chi connectivity index (χ0) is 15.0. The average molecular weight is 282 g/mol. The van der Waals surface area contributed by atoms with Crippen LogP contribution in [0.25, 0.3) is 0 Å². The Kier molecular flexibility index (Phi) is 3.75. The van der Waals surface area contributed by atoms with Gasteiger partial charge in [0.2, 0.25) is 5.91 Å². The number of carbonyl (C=O) groups excluding carboxylic acids is 3. The van der Waals surface area contributed by atoms with E-state index in [0.29, 0.717) is 32.4 Å². The standard InChI is InChI=1S/C14H22N2O4/c1-13(2,3)20-12(19)16-6-4-14(5-7-16)8-10(17)9-15-11(14)18/h4-9H2,1-3H3,(H,15,18). The zero-order valence-electron chi connectivity index (χ0n) is 12.3. The van der Waals surface area contributed by atoms with Crippen molar-refractivity contribution in [2.24, 2.45) is 5.41 Å². The second kappa shape index (κ2) is 5.07. The van der Waals surface area contributed by atoms with Gasteiger partial charge in [0.25, 0.3) is 0 Å². The summed E-state index contributed by atoms with van der Waals surface area (Å²) in [6.07, 6.45) is 0.976. The molecule has 0 bridgehead atoms. The fraction of sp³-hybridized carbons (Fsp3) is 0.786. The summed E-state index contributed by atoms with van der Waals surface area (Å²) < 4.78 is 5.32. The predicted octanol–water partition coefficient (Wildman–Crippen LogP) is 1.09. The number of ketones is 1. The van der Waals surface area contributed by atoms with Crippen LogP contribution in [0.15, 0.2) is 0 Å². The monoisotopic (exact) mass is 282 g/mol. The molecule has 6 nitrogen and oxygen atoms in total. The molecule has 0 aromatic carbocycles. The van der Waals surface area contributed by atoms with Crippen molar-refractivity contribution in [3.05, 3.63) is 0 Å². The van der Waals surface area contributed by atoms with Crippen molar-refractivity contribution in [1.29, 1.82) is 0 Å². The Labute approximate surface area is 118 Å². The summed E-state index contributed by atoms with van der Waals surface area (Å²) in [4.78, 5) is 37.2. The Balaban J connectivity index is 1.96. The molecule has 2 fully saturated rings. The number of hydrogen-bond acceptors (Lipinski definition) is 4. The second-order valence-corrected chi connectivity index (χ2v) is 6.65. The molecular weight excluding hydrogens is 260 g/mol. The first-order valence-corrected chi connectivity index (χ1v) is 7.00. The smallest absolute Gasteiger partial charge is 0.410 e.